The molecule has 0 N–H and O–H groups in total. The molecular weight excluding hydrogens is 981 g/mol. The molecule has 0 saturated heterocycles. The van der Waals surface area contributed by atoms with Crippen molar-refractivity contribution in [3.8, 4) is 102 Å². The van der Waals surface area contributed by atoms with Crippen molar-refractivity contribution in [1.82, 2.24) is 29.9 Å². The van der Waals surface area contributed by atoms with E-state index in [0.717, 1.165) is 88.4 Å². The molecule has 0 amide bonds. The minimum absolute atomic E-state index is 0.159. The molecule has 8 heteroatoms. The maximum atomic E-state index is 6.76. The first-order chi connectivity index (χ1) is 39.1. The van der Waals surface area contributed by atoms with Crippen LogP contribution in [0.5, 0.6) is 0 Å². The average Bonchev–Trinajstić information content (AvgIpc) is 4.27. The Hall–Kier alpha value is -10.2. The largest absolute Gasteiger partial charge is 0.456 e. The predicted molar refractivity (Wildman–Crippen MR) is 321 cm³/mol. The van der Waals surface area contributed by atoms with Crippen molar-refractivity contribution in [3.63, 3.8) is 0 Å². The van der Waals surface area contributed by atoms with Gasteiger partial charge in [0.05, 0.1) is 0 Å². The third kappa shape index (κ3) is 7.15. The molecule has 80 heavy (non-hydrogen) atoms. The zero-order valence-electron chi connectivity index (χ0n) is 44.3. The molecule has 8 nitrogen and oxygen atoms in total. The number of rotatable bonds is 7. The van der Waals surface area contributed by atoms with Crippen LogP contribution in [-0.4, -0.2) is 29.9 Å². The van der Waals surface area contributed by atoms with Crippen molar-refractivity contribution in [2.45, 2.75) is 38.5 Å². The molecule has 16 rings (SSSR count). The molecule has 2 aliphatic carbocycles. The fourth-order valence-electron chi connectivity index (χ4n) is 12.6. The van der Waals surface area contributed by atoms with E-state index in [-0.39, 0.29) is 10.8 Å². The summed E-state index contributed by atoms with van der Waals surface area (Å²) in [6.07, 6.45) is 0. The van der Waals surface area contributed by atoms with Crippen LogP contribution in [0, 0.1) is 0 Å². The number of furan rings is 2. The van der Waals surface area contributed by atoms with Crippen molar-refractivity contribution in [2.24, 2.45) is 0 Å². The highest BCUT2D eigenvalue weighted by Gasteiger charge is 2.37. The number of aromatic nitrogens is 6. The Morgan fingerprint density at radius 2 is 0.588 bits per heavy atom. The second-order valence-electron chi connectivity index (χ2n) is 22.3. The summed E-state index contributed by atoms with van der Waals surface area (Å²) in [6.45, 7) is 9.22. The molecule has 0 aliphatic heterocycles. The number of hydrogen-bond donors (Lipinski definition) is 0. The number of benzene rings is 10. The summed E-state index contributed by atoms with van der Waals surface area (Å²) in [5.41, 5.74) is 20.5. The first kappa shape index (κ1) is 46.0. The van der Waals surface area contributed by atoms with Gasteiger partial charge in [0.25, 0.3) is 0 Å². The van der Waals surface area contributed by atoms with Crippen molar-refractivity contribution in [2.75, 3.05) is 0 Å². The van der Waals surface area contributed by atoms with Gasteiger partial charge in [-0.05, 0) is 122 Å². The summed E-state index contributed by atoms with van der Waals surface area (Å²) in [6, 6.07) is 76.2. The highest BCUT2D eigenvalue weighted by Crippen LogP contribution is 2.52. The minimum atomic E-state index is -0.319. The summed E-state index contributed by atoms with van der Waals surface area (Å²) in [5, 5.41) is 4.16. The second-order valence-corrected chi connectivity index (χ2v) is 22.3. The van der Waals surface area contributed by atoms with Gasteiger partial charge in [0, 0.05) is 65.8 Å². The normalized spacial score (nSPS) is 13.7. The lowest BCUT2D eigenvalue weighted by atomic mass is 9.81. The van der Waals surface area contributed by atoms with Crippen LogP contribution in [-0.2, 0) is 10.8 Å². The van der Waals surface area contributed by atoms with Gasteiger partial charge in [-0.25, -0.2) is 29.9 Å². The van der Waals surface area contributed by atoms with Gasteiger partial charge in [-0.15, -0.1) is 0 Å². The molecule has 0 atom stereocenters. The van der Waals surface area contributed by atoms with Crippen LogP contribution in [0.1, 0.15) is 49.9 Å². The molecule has 2 aliphatic rings. The second kappa shape index (κ2) is 17.2. The van der Waals surface area contributed by atoms with E-state index in [1.165, 1.54) is 44.5 Å². The number of fused-ring (bicyclic) bond motifs is 12. The molecule has 10 aromatic carbocycles. The number of hydrogen-bond acceptors (Lipinski definition) is 8. The summed E-state index contributed by atoms with van der Waals surface area (Å²) < 4.78 is 12.9. The van der Waals surface area contributed by atoms with Crippen molar-refractivity contribution in [1.29, 1.82) is 0 Å². The monoisotopic (exact) mass is 1030 g/mol. The predicted octanol–water partition coefficient (Wildman–Crippen LogP) is 18.1. The van der Waals surface area contributed by atoms with Gasteiger partial charge in [-0.2, -0.15) is 0 Å². The molecule has 0 spiro atoms. The van der Waals surface area contributed by atoms with Crippen LogP contribution < -0.4 is 0 Å². The topological polar surface area (TPSA) is 104 Å². The molecule has 0 saturated carbocycles. The molecule has 0 fully saturated rings. The minimum Gasteiger partial charge on any atom is -0.456 e. The molecule has 4 aromatic heterocycles. The van der Waals surface area contributed by atoms with E-state index in [1.54, 1.807) is 0 Å². The van der Waals surface area contributed by atoms with Crippen LogP contribution in [0.2, 0.25) is 0 Å². The van der Waals surface area contributed by atoms with Gasteiger partial charge in [-0.1, -0.05) is 179 Å². The number of para-hydroxylation sites is 1. The maximum absolute atomic E-state index is 6.76. The molecule has 14 aromatic rings. The number of nitrogens with zero attached hydrogens (tertiary/aromatic N) is 6. The van der Waals surface area contributed by atoms with Crippen LogP contribution in [0.3, 0.4) is 0 Å². The van der Waals surface area contributed by atoms with E-state index in [1.807, 2.05) is 91.0 Å². The zero-order chi connectivity index (χ0) is 53.4. The third-order valence-corrected chi connectivity index (χ3v) is 16.8. The van der Waals surface area contributed by atoms with E-state index in [2.05, 4.69) is 155 Å². The van der Waals surface area contributed by atoms with Crippen LogP contribution >= 0.6 is 0 Å². The lowest BCUT2D eigenvalue weighted by Gasteiger charge is -2.22. The quantitative estimate of drug-likeness (QED) is 0.155. The Balaban J connectivity index is 0.731. The van der Waals surface area contributed by atoms with Crippen molar-refractivity contribution >= 4 is 43.9 Å². The van der Waals surface area contributed by atoms with E-state index in [9.17, 15) is 0 Å². The summed E-state index contributed by atoms with van der Waals surface area (Å²) in [7, 11) is 0. The van der Waals surface area contributed by atoms with Gasteiger partial charge < -0.3 is 8.83 Å². The first-order valence-electron chi connectivity index (χ1n) is 27.2. The standard InChI is InChI=1S/C72H48N6O2/c1-71(2)57-21-13-11-19-49(57)50-30-25-46(37-59(50)71)69-75-66(42-17-9-6-10-18-42)76-70(78-69)48-27-33-55-54-32-24-44(39-63(54)80-64(55)40-48)43-23-29-51-52-31-26-47(38-60(52)72(3,4)58(51)36-43)68-74-65(41-15-7-5-8-16-41)73-67(77-68)45-28-34-62-56(35-45)53-20-12-14-22-61(53)79-62/h5-40H,1-4H3. The van der Waals surface area contributed by atoms with Gasteiger partial charge >= 0.3 is 0 Å². The van der Waals surface area contributed by atoms with Crippen molar-refractivity contribution in [3.05, 3.63) is 241 Å². The molecular formula is C72H48N6O2. The van der Waals surface area contributed by atoms with Gasteiger partial charge in [-0.3, -0.25) is 0 Å². The van der Waals surface area contributed by atoms with E-state index in [0.29, 0.717) is 34.9 Å². The maximum Gasteiger partial charge on any atom is 0.164 e. The molecule has 0 radical (unpaired) electrons. The van der Waals surface area contributed by atoms with Crippen LogP contribution in [0.15, 0.2) is 227 Å². The zero-order valence-corrected chi connectivity index (χ0v) is 44.3. The SMILES string of the molecule is CC1(C)c2ccccc2-c2ccc(-c3nc(-c4ccccc4)nc(-c4ccc5c(c4)oc4cc(-c6ccc7c(c6)C(C)(C)c6cc(-c8nc(-c9ccccc9)nc(-c9ccc%10oc%11ccccc%11c%10c9)n8)ccc6-7)ccc45)n3)cc21. The average molecular weight is 1030 g/mol. The van der Waals surface area contributed by atoms with E-state index >= 15 is 0 Å². The van der Waals surface area contributed by atoms with Crippen LogP contribution in [0.4, 0.5) is 0 Å². The Morgan fingerprint density at radius 3 is 1.18 bits per heavy atom. The van der Waals surface area contributed by atoms with Gasteiger partial charge in [0.1, 0.15) is 22.3 Å². The van der Waals surface area contributed by atoms with Gasteiger partial charge in [0.2, 0.25) is 0 Å². The van der Waals surface area contributed by atoms with E-state index < -0.39 is 0 Å². The third-order valence-electron chi connectivity index (χ3n) is 16.8. The first-order valence-corrected chi connectivity index (χ1v) is 27.2. The molecule has 0 bridgehead atoms. The Bertz CT molecular complexity index is 4900. The summed E-state index contributed by atoms with van der Waals surface area (Å²) in [5.74, 6) is 3.67. The summed E-state index contributed by atoms with van der Waals surface area (Å²) >= 11 is 0. The van der Waals surface area contributed by atoms with Gasteiger partial charge in [0.15, 0.2) is 34.9 Å². The Kier molecular flexibility index (Phi) is 9.86. The lowest BCUT2D eigenvalue weighted by Crippen LogP contribution is -2.15. The Labute approximate surface area is 461 Å². The fourth-order valence-corrected chi connectivity index (χ4v) is 12.6. The molecule has 378 valence electrons. The fraction of sp³-hybridized carbons (Fsp3) is 0.0833. The Morgan fingerprint density at radius 1 is 0.237 bits per heavy atom. The smallest absolute Gasteiger partial charge is 0.164 e. The van der Waals surface area contributed by atoms with E-state index in [4.69, 9.17) is 38.7 Å². The highest BCUT2D eigenvalue weighted by molar-refractivity contribution is 6.08. The van der Waals surface area contributed by atoms with Crippen molar-refractivity contribution < 1.29 is 8.83 Å². The lowest BCUT2D eigenvalue weighted by molar-refractivity contribution is 0.660. The molecule has 0 unspecified atom stereocenters. The summed E-state index contributed by atoms with van der Waals surface area (Å²) in [4.78, 5) is 30.7. The molecule has 4 heterocycles. The highest BCUT2D eigenvalue weighted by atomic mass is 16.3. The van der Waals surface area contributed by atoms with Crippen LogP contribution in [0.25, 0.3) is 146 Å².